The molecule has 0 aliphatic heterocycles. The molecular weight excluding hydrogens is 172 g/mol. The van der Waals surface area contributed by atoms with E-state index >= 15 is 0 Å². The first-order valence-electron chi connectivity index (χ1n) is 3.70. The van der Waals surface area contributed by atoms with Crippen LogP contribution < -0.4 is 0 Å². The van der Waals surface area contributed by atoms with Crippen LogP contribution in [0.4, 0.5) is 0 Å². The fraction of sp³-hybridized carbons (Fsp3) is 0.500. The van der Waals surface area contributed by atoms with Crippen molar-refractivity contribution in [3.63, 3.8) is 0 Å². The lowest BCUT2D eigenvalue weighted by atomic mass is 10.3. The molecule has 0 aliphatic rings. The van der Waals surface area contributed by atoms with Gasteiger partial charge >= 0.3 is 0 Å². The van der Waals surface area contributed by atoms with Crippen LogP contribution in [-0.2, 0) is 0 Å². The van der Waals surface area contributed by atoms with Gasteiger partial charge in [0.25, 0.3) is 0 Å². The Kier molecular flexibility index (Phi) is 2.92. The Morgan fingerprint density at radius 3 is 2.83 bits per heavy atom. The van der Waals surface area contributed by atoms with E-state index < -0.39 is 0 Å². The van der Waals surface area contributed by atoms with Gasteiger partial charge in [-0.2, -0.15) is 0 Å². The molecule has 0 unspecified atom stereocenters. The SMILES string of the molecule is CC(C)(C)S/N=C/c1ccon1. The monoisotopic (exact) mass is 184 g/mol. The zero-order valence-corrected chi connectivity index (χ0v) is 8.26. The minimum Gasteiger partial charge on any atom is -0.364 e. The Labute approximate surface area is 76.4 Å². The molecule has 66 valence electrons. The second-order valence-corrected chi connectivity index (χ2v) is 4.98. The quantitative estimate of drug-likeness (QED) is 0.523. The summed E-state index contributed by atoms with van der Waals surface area (Å²) in [7, 11) is 0. The summed E-state index contributed by atoms with van der Waals surface area (Å²) < 4.78 is 8.95. The van der Waals surface area contributed by atoms with Crippen molar-refractivity contribution in [1.82, 2.24) is 5.16 Å². The molecule has 3 nitrogen and oxygen atoms in total. The van der Waals surface area contributed by atoms with Crippen molar-refractivity contribution in [3.8, 4) is 0 Å². The lowest BCUT2D eigenvalue weighted by Gasteiger charge is -2.11. The second kappa shape index (κ2) is 3.76. The molecule has 0 amide bonds. The molecule has 1 aromatic rings. The van der Waals surface area contributed by atoms with Crippen LogP contribution in [0.25, 0.3) is 0 Å². The maximum atomic E-state index is 4.65. The molecule has 1 aromatic heterocycles. The van der Waals surface area contributed by atoms with E-state index in [0.29, 0.717) is 0 Å². The molecule has 0 saturated heterocycles. The second-order valence-electron chi connectivity index (χ2n) is 3.36. The highest BCUT2D eigenvalue weighted by molar-refractivity contribution is 7.99. The average molecular weight is 184 g/mol. The Morgan fingerprint density at radius 2 is 2.33 bits per heavy atom. The van der Waals surface area contributed by atoms with Gasteiger partial charge < -0.3 is 4.52 Å². The number of rotatable bonds is 2. The molecule has 12 heavy (non-hydrogen) atoms. The molecule has 1 rings (SSSR count). The largest absolute Gasteiger partial charge is 0.364 e. The summed E-state index contributed by atoms with van der Waals surface area (Å²) in [6.45, 7) is 6.33. The van der Waals surface area contributed by atoms with E-state index in [1.165, 1.54) is 18.2 Å². The third-order valence-electron chi connectivity index (χ3n) is 0.969. The van der Waals surface area contributed by atoms with Crippen molar-refractivity contribution in [2.75, 3.05) is 0 Å². The normalized spacial score (nSPS) is 12.6. The molecule has 0 bridgehead atoms. The Balaban J connectivity index is 2.42. The van der Waals surface area contributed by atoms with Crippen molar-refractivity contribution in [2.45, 2.75) is 25.5 Å². The van der Waals surface area contributed by atoms with Crippen LogP contribution in [0.5, 0.6) is 0 Å². The van der Waals surface area contributed by atoms with Crippen LogP contribution in [0.3, 0.4) is 0 Å². The summed E-state index contributed by atoms with van der Waals surface area (Å²) in [5.41, 5.74) is 0.756. The topological polar surface area (TPSA) is 38.4 Å². The van der Waals surface area contributed by atoms with Crippen molar-refractivity contribution >= 4 is 18.2 Å². The van der Waals surface area contributed by atoms with Gasteiger partial charge in [-0.25, -0.2) is 4.40 Å². The van der Waals surface area contributed by atoms with E-state index in [1.807, 2.05) is 0 Å². The summed E-state index contributed by atoms with van der Waals surface area (Å²) in [6, 6.07) is 1.77. The lowest BCUT2D eigenvalue weighted by Crippen LogP contribution is -2.04. The van der Waals surface area contributed by atoms with Crippen molar-refractivity contribution in [2.24, 2.45) is 4.40 Å². The predicted molar refractivity (Wildman–Crippen MR) is 51.4 cm³/mol. The summed E-state index contributed by atoms with van der Waals surface area (Å²) in [4.78, 5) is 0. The Bertz CT molecular complexity index is 249. The minimum atomic E-state index is 0.153. The van der Waals surface area contributed by atoms with Gasteiger partial charge in [0, 0.05) is 10.8 Å². The first-order valence-corrected chi connectivity index (χ1v) is 4.47. The molecule has 0 spiro atoms. The van der Waals surface area contributed by atoms with Crippen molar-refractivity contribution < 1.29 is 4.52 Å². The van der Waals surface area contributed by atoms with E-state index in [4.69, 9.17) is 0 Å². The standard InChI is InChI=1S/C8H12N2OS/c1-8(2,3)12-9-6-7-4-5-11-10-7/h4-6H,1-3H3/b9-6+. The highest BCUT2D eigenvalue weighted by atomic mass is 32.2. The third-order valence-corrected chi connectivity index (χ3v) is 1.73. The third kappa shape index (κ3) is 3.57. The van der Waals surface area contributed by atoms with Crippen LogP contribution >= 0.6 is 11.9 Å². The zero-order chi connectivity index (χ0) is 9.03. The summed E-state index contributed by atoms with van der Waals surface area (Å²) in [6.07, 6.45) is 3.22. The van der Waals surface area contributed by atoms with Crippen LogP contribution in [-0.4, -0.2) is 16.1 Å². The number of hydrogen-bond donors (Lipinski definition) is 0. The van der Waals surface area contributed by atoms with Crippen LogP contribution in [0.15, 0.2) is 21.3 Å². The summed E-state index contributed by atoms with van der Waals surface area (Å²) in [5, 5.41) is 3.70. The molecule has 0 saturated carbocycles. The molecule has 1 heterocycles. The van der Waals surface area contributed by atoms with E-state index in [-0.39, 0.29) is 4.75 Å². The molecule has 0 atom stereocenters. The molecule has 4 heteroatoms. The highest BCUT2D eigenvalue weighted by Gasteiger charge is 2.08. The maximum absolute atomic E-state index is 4.65. The summed E-state index contributed by atoms with van der Waals surface area (Å²) >= 11 is 1.52. The number of aromatic nitrogens is 1. The van der Waals surface area contributed by atoms with Crippen LogP contribution in [0.1, 0.15) is 26.5 Å². The van der Waals surface area contributed by atoms with Crippen molar-refractivity contribution in [1.29, 1.82) is 0 Å². The van der Waals surface area contributed by atoms with Gasteiger partial charge in [-0.15, -0.1) is 0 Å². The van der Waals surface area contributed by atoms with Gasteiger partial charge in [0.1, 0.15) is 12.0 Å². The Morgan fingerprint density at radius 1 is 1.58 bits per heavy atom. The maximum Gasteiger partial charge on any atom is 0.125 e. The molecule has 0 N–H and O–H groups in total. The molecule has 0 aliphatic carbocycles. The highest BCUT2D eigenvalue weighted by Crippen LogP contribution is 2.23. The first-order chi connectivity index (χ1) is 5.58. The van der Waals surface area contributed by atoms with Gasteiger partial charge in [0.05, 0.1) is 6.21 Å². The minimum absolute atomic E-state index is 0.153. The van der Waals surface area contributed by atoms with E-state index in [9.17, 15) is 0 Å². The molecule has 0 radical (unpaired) electrons. The van der Waals surface area contributed by atoms with Crippen LogP contribution in [0, 0.1) is 0 Å². The lowest BCUT2D eigenvalue weighted by molar-refractivity contribution is 0.419. The molecular formula is C8H12N2OS. The average Bonchev–Trinajstić information content (AvgIpc) is 2.36. The van der Waals surface area contributed by atoms with Crippen molar-refractivity contribution in [3.05, 3.63) is 18.0 Å². The first kappa shape index (κ1) is 9.32. The van der Waals surface area contributed by atoms with Gasteiger partial charge in [-0.3, -0.25) is 0 Å². The van der Waals surface area contributed by atoms with Gasteiger partial charge in [-0.1, -0.05) is 5.16 Å². The van der Waals surface area contributed by atoms with Gasteiger partial charge in [-0.05, 0) is 32.7 Å². The Hall–Kier alpha value is -0.770. The van der Waals surface area contributed by atoms with E-state index in [2.05, 4.69) is 34.8 Å². The zero-order valence-electron chi connectivity index (χ0n) is 7.44. The number of nitrogens with zero attached hydrogens (tertiary/aromatic N) is 2. The molecule has 0 fully saturated rings. The summed E-state index contributed by atoms with van der Waals surface area (Å²) in [5.74, 6) is 0. The fourth-order valence-corrected chi connectivity index (χ4v) is 1.00. The fourth-order valence-electron chi connectivity index (χ4n) is 0.527. The van der Waals surface area contributed by atoms with Gasteiger partial charge in [0.2, 0.25) is 0 Å². The predicted octanol–water partition coefficient (Wildman–Crippen LogP) is 2.54. The van der Waals surface area contributed by atoms with E-state index in [1.54, 1.807) is 12.3 Å². The molecule has 0 aromatic carbocycles. The van der Waals surface area contributed by atoms with E-state index in [0.717, 1.165) is 5.69 Å². The van der Waals surface area contributed by atoms with Gasteiger partial charge in [0.15, 0.2) is 0 Å². The van der Waals surface area contributed by atoms with Crippen LogP contribution in [0.2, 0.25) is 0 Å². The number of hydrogen-bond acceptors (Lipinski definition) is 4. The smallest absolute Gasteiger partial charge is 0.125 e.